The van der Waals surface area contributed by atoms with E-state index >= 15 is 0 Å². The topological polar surface area (TPSA) is 55.1 Å². The lowest BCUT2D eigenvalue weighted by Crippen LogP contribution is -2.31. The second-order valence-corrected chi connectivity index (χ2v) is 4.30. The summed E-state index contributed by atoms with van der Waals surface area (Å²) < 4.78 is 0. The highest BCUT2D eigenvalue weighted by Gasteiger charge is 2.12. The van der Waals surface area contributed by atoms with E-state index in [9.17, 15) is 4.79 Å². The molecular formula is C12H16N2OS. The number of nitrogens with two attached hydrogens (primary N) is 1. The molecule has 0 saturated carbocycles. The van der Waals surface area contributed by atoms with Crippen molar-refractivity contribution in [2.45, 2.75) is 19.9 Å². The van der Waals surface area contributed by atoms with Gasteiger partial charge in [0.25, 0.3) is 0 Å². The molecule has 0 radical (unpaired) electrons. The van der Waals surface area contributed by atoms with E-state index in [1.807, 2.05) is 37.3 Å². The van der Waals surface area contributed by atoms with Gasteiger partial charge in [-0.05, 0) is 5.56 Å². The Bertz CT molecular complexity index is 365. The molecule has 1 rings (SSSR count). The Balaban J connectivity index is 2.38. The summed E-state index contributed by atoms with van der Waals surface area (Å²) in [6.07, 6.45) is 0.454. The first-order valence-electron chi connectivity index (χ1n) is 5.19. The Morgan fingerprint density at radius 3 is 2.62 bits per heavy atom. The van der Waals surface area contributed by atoms with Crippen molar-refractivity contribution in [2.24, 2.45) is 11.7 Å². The number of amides is 1. The van der Waals surface area contributed by atoms with Crippen molar-refractivity contribution >= 4 is 23.1 Å². The van der Waals surface area contributed by atoms with E-state index in [4.69, 9.17) is 18.0 Å². The van der Waals surface area contributed by atoms with E-state index < -0.39 is 0 Å². The molecule has 3 N–H and O–H groups in total. The number of carbonyl (C=O) groups excluding carboxylic acids is 1. The highest BCUT2D eigenvalue weighted by atomic mass is 32.1. The molecule has 1 aromatic carbocycles. The summed E-state index contributed by atoms with van der Waals surface area (Å²) in [4.78, 5) is 12.0. The summed E-state index contributed by atoms with van der Waals surface area (Å²) in [5.41, 5.74) is 6.47. The minimum Gasteiger partial charge on any atom is -0.393 e. The fraction of sp³-hybridized carbons (Fsp3) is 0.333. The number of benzene rings is 1. The molecule has 4 heteroatoms. The van der Waals surface area contributed by atoms with Gasteiger partial charge in [0.1, 0.15) is 0 Å². The first-order valence-corrected chi connectivity index (χ1v) is 5.60. The lowest BCUT2D eigenvalue weighted by atomic mass is 10.1. The van der Waals surface area contributed by atoms with Crippen LogP contribution in [0.4, 0.5) is 0 Å². The minimum atomic E-state index is -0.166. The molecule has 0 aromatic heterocycles. The molecule has 0 aliphatic rings. The zero-order valence-electron chi connectivity index (χ0n) is 9.27. The standard InChI is InChI=1S/C12H16N2OS/c1-9(7-11(13)16)12(15)14-8-10-5-3-2-4-6-10/h2-6,9H,7-8H2,1H3,(H2,13,16)(H,14,15). The number of hydrogen-bond acceptors (Lipinski definition) is 2. The Labute approximate surface area is 101 Å². The van der Waals surface area contributed by atoms with Gasteiger partial charge >= 0.3 is 0 Å². The van der Waals surface area contributed by atoms with E-state index in [1.165, 1.54) is 0 Å². The first kappa shape index (κ1) is 12.6. The molecule has 0 aliphatic heterocycles. The van der Waals surface area contributed by atoms with Crippen LogP contribution in [0.15, 0.2) is 30.3 Å². The molecule has 86 valence electrons. The van der Waals surface area contributed by atoms with Crippen LogP contribution in [0.5, 0.6) is 0 Å². The predicted octanol–water partition coefficient (Wildman–Crippen LogP) is 1.62. The third kappa shape index (κ3) is 4.40. The maximum Gasteiger partial charge on any atom is 0.223 e. The molecule has 0 aliphatic carbocycles. The molecule has 3 nitrogen and oxygen atoms in total. The molecule has 16 heavy (non-hydrogen) atoms. The lowest BCUT2D eigenvalue weighted by Gasteiger charge is -2.11. The van der Waals surface area contributed by atoms with Crippen LogP contribution in [0.1, 0.15) is 18.9 Å². The number of rotatable bonds is 5. The number of carbonyl (C=O) groups is 1. The van der Waals surface area contributed by atoms with Gasteiger partial charge in [0.15, 0.2) is 0 Å². The second kappa shape index (κ2) is 6.23. The SMILES string of the molecule is CC(CC(N)=S)C(=O)NCc1ccccc1. The van der Waals surface area contributed by atoms with E-state index in [0.29, 0.717) is 18.0 Å². The summed E-state index contributed by atoms with van der Waals surface area (Å²) in [6.45, 7) is 2.36. The molecule has 1 aromatic rings. The molecular weight excluding hydrogens is 220 g/mol. The molecule has 0 heterocycles. The third-order valence-corrected chi connectivity index (χ3v) is 2.43. The van der Waals surface area contributed by atoms with Crippen molar-refractivity contribution < 1.29 is 4.79 Å². The normalized spacial score (nSPS) is 11.8. The fourth-order valence-electron chi connectivity index (χ4n) is 1.35. The van der Waals surface area contributed by atoms with E-state index in [1.54, 1.807) is 0 Å². The fourth-order valence-corrected chi connectivity index (χ4v) is 1.60. The smallest absolute Gasteiger partial charge is 0.223 e. The molecule has 1 unspecified atom stereocenters. The summed E-state index contributed by atoms with van der Waals surface area (Å²) >= 11 is 4.77. The van der Waals surface area contributed by atoms with Gasteiger partial charge < -0.3 is 11.1 Å². The van der Waals surface area contributed by atoms with Crippen LogP contribution in [-0.4, -0.2) is 10.9 Å². The zero-order valence-corrected chi connectivity index (χ0v) is 10.1. The number of thiocarbonyl (C=S) groups is 1. The zero-order chi connectivity index (χ0) is 12.0. The van der Waals surface area contributed by atoms with Gasteiger partial charge in [0.05, 0.1) is 4.99 Å². The van der Waals surface area contributed by atoms with Gasteiger partial charge in [-0.15, -0.1) is 0 Å². The largest absolute Gasteiger partial charge is 0.393 e. The summed E-state index contributed by atoms with van der Waals surface area (Å²) in [5.74, 6) is -0.183. The van der Waals surface area contributed by atoms with Crippen molar-refractivity contribution in [3.8, 4) is 0 Å². The van der Waals surface area contributed by atoms with Crippen molar-refractivity contribution in [3.05, 3.63) is 35.9 Å². The summed E-state index contributed by atoms with van der Waals surface area (Å²) in [6, 6.07) is 9.78. The van der Waals surface area contributed by atoms with Crippen LogP contribution >= 0.6 is 12.2 Å². The van der Waals surface area contributed by atoms with Crippen LogP contribution in [0.25, 0.3) is 0 Å². The highest BCUT2D eigenvalue weighted by molar-refractivity contribution is 7.80. The summed E-state index contributed by atoms with van der Waals surface area (Å²) in [5, 5.41) is 2.85. The first-order chi connectivity index (χ1) is 7.59. The molecule has 0 bridgehead atoms. The van der Waals surface area contributed by atoms with E-state index in [2.05, 4.69) is 5.32 Å². The lowest BCUT2D eigenvalue weighted by molar-refractivity contribution is -0.124. The molecule has 0 fully saturated rings. The quantitative estimate of drug-likeness (QED) is 0.764. The van der Waals surface area contributed by atoms with Crippen molar-refractivity contribution in [1.29, 1.82) is 0 Å². The van der Waals surface area contributed by atoms with Gasteiger partial charge in [0.2, 0.25) is 5.91 Å². The molecule has 1 amide bonds. The van der Waals surface area contributed by atoms with Crippen molar-refractivity contribution in [3.63, 3.8) is 0 Å². The van der Waals surface area contributed by atoms with E-state index in [-0.39, 0.29) is 11.8 Å². The maximum atomic E-state index is 11.6. The molecule has 0 spiro atoms. The second-order valence-electron chi connectivity index (χ2n) is 3.77. The average Bonchev–Trinajstić information content (AvgIpc) is 2.26. The average molecular weight is 236 g/mol. The number of hydrogen-bond donors (Lipinski definition) is 2. The van der Waals surface area contributed by atoms with Crippen LogP contribution < -0.4 is 11.1 Å². The van der Waals surface area contributed by atoms with Gasteiger partial charge in [-0.1, -0.05) is 49.5 Å². The minimum absolute atomic E-state index is 0.0170. The van der Waals surface area contributed by atoms with Crippen molar-refractivity contribution in [1.82, 2.24) is 5.32 Å². The Hall–Kier alpha value is -1.42. The van der Waals surface area contributed by atoms with Crippen LogP contribution in [0, 0.1) is 5.92 Å². The Morgan fingerprint density at radius 1 is 1.44 bits per heavy atom. The Kier molecular flexibility index (Phi) is 4.92. The number of nitrogens with one attached hydrogen (secondary N) is 1. The van der Waals surface area contributed by atoms with Crippen molar-refractivity contribution in [2.75, 3.05) is 0 Å². The molecule has 0 saturated heterocycles. The molecule has 1 atom stereocenters. The monoisotopic (exact) mass is 236 g/mol. The maximum absolute atomic E-state index is 11.6. The highest BCUT2D eigenvalue weighted by Crippen LogP contribution is 2.03. The van der Waals surface area contributed by atoms with Gasteiger partial charge in [-0.3, -0.25) is 4.79 Å². The summed E-state index contributed by atoms with van der Waals surface area (Å²) in [7, 11) is 0. The van der Waals surface area contributed by atoms with Gasteiger partial charge in [0, 0.05) is 18.9 Å². The van der Waals surface area contributed by atoms with Crippen LogP contribution in [0.2, 0.25) is 0 Å². The Morgan fingerprint density at radius 2 is 2.06 bits per heavy atom. The predicted molar refractivity (Wildman–Crippen MR) is 68.9 cm³/mol. The van der Waals surface area contributed by atoms with Gasteiger partial charge in [-0.25, -0.2) is 0 Å². The van der Waals surface area contributed by atoms with Gasteiger partial charge in [-0.2, -0.15) is 0 Å². The third-order valence-electron chi connectivity index (χ3n) is 2.26. The van der Waals surface area contributed by atoms with E-state index in [0.717, 1.165) is 5.56 Å². The van der Waals surface area contributed by atoms with Crippen LogP contribution in [-0.2, 0) is 11.3 Å². The van der Waals surface area contributed by atoms with Crippen LogP contribution in [0.3, 0.4) is 0 Å².